The Hall–Kier alpha value is -0.370. The summed E-state index contributed by atoms with van der Waals surface area (Å²) < 4.78 is 5.31. The van der Waals surface area contributed by atoms with Crippen LogP contribution in [0.15, 0.2) is 0 Å². The largest absolute Gasteiger partial charge is 0.381 e. The second kappa shape index (κ2) is 4.01. The molecule has 1 atom stereocenters. The Morgan fingerprint density at radius 1 is 1.43 bits per heavy atom. The van der Waals surface area contributed by atoms with E-state index in [1.54, 1.807) is 0 Å². The summed E-state index contributed by atoms with van der Waals surface area (Å²) in [5.74, 6) is 0.725. The molecule has 2 aliphatic rings. The molecule has 0 aromatic heterocycles. The van der Waals surface area contributed by atoms with Gasteiger partial charge in [-0.15, -0.1) is 0 Å². The number of hydrogen-bond donors (Lipinski definition) is 0. The normalized spacial score (nSPS) is 30.8. The predicted molar refractivity (Wildman–Crippen MR) is 55.1 cm³/mol. The van der Waals surface area contributed by atoms with Crippen LogP contribution in [0.25, 0.3) is 0 Å². The Labute approximate surface area is 86.0 Å². The van der Waals surface area contributed by atoms with Gasteiger partial charge in [-0.2, -0.15) is 0 Å². The molecule has 1 aliphatic carbocycles. The molecule has 0 spiro atoms. The van der Waals surface area contributed by atoms with Gasteiger partial charge < -0.3 is 4.74 Å². The quantitative estimate of drug-likeness (QED) is 0.693. The highest BCUT2D eigenvalue weighted by molar-refractivity contribution is 5.87. The first-order valence-corrected chi connectivity index (χ1v) is 5.90. The standard InChI is InChI=1S/C12H20O2/c1-2-12(6-3-4-7-12)11(13)10-5-8-14-9-10/h10H,2-9H2,1H3. The van der Waals surface area contributed by atoms with Gasteiger partial charge in [0, 0.05) is 17.9 Å². The predicted octanol–water partition coefficient (Wildman–Crippen LogP) is 2.56. The molecule has 0 N–H and O–H groups in total. The smallest absolute Gasteiger partial charge is 0.144 e. The third kappa shape index (κ3) is 1.60. The van der Waals surface area contributed by atoms with Crippen molar-refractivity contribution in [2.75, 3.05) is 13.2 Å². The van der Waals surface area contributed by atoms with Crippen molar-refractivity contribution in [3.8, 4) is 0 Å². The number of carbonyl (C=O) groups is 1. The molecule has 2 fully saturated rings. The van der Waals surface area contributed by atoms with Gasteiger partial charge >= 0.3 is 0 Å². The fourth-order valence-corrected chi connectivity index (χ4v) is 3.00. The van der Waals surface area contributed by atoms with Crippen LogP contribution in [-0.4, -0.2) is 19.0 Å². The van der Waals surface area contributed by atoms with Gasteiger partial charge in [-0.3, -0.25) is 4.79 Å². The third-order valence-electron chi connectivity index (χ3n) is 4.06. The molecule has 2 heteroatoms. The lowest BCUT2D eigenvalue weighted by Gasteiger charge is -2.28. The van der Waals surface area contributed by atoms with Gasteiger partial charge in [0.2, 0.25) is 0 Å². The van der Waals surface area contributed by atoms with Gasteiger partial charge in [0.15, 0.2) is 0 Å². The fourth-order valence-electron chi connectivity index (χ4n) is 3.00. The highest BCUT2D eigenvalue weighted by atomic mass is 16.5. The van der Waals surface area contributed by atoms with Gasteiger partial charge in [-0.05, 0) is 25.7 Å². The molecule has 2 nitrogen and oxygen atoms in total. The molecule has 1 saturated carbocycles. The molecule has 1 heterocycles. The summed E-state index contributed by atoms with van der Waals surface area (Å²) >= 11 is 0. The van der Waals surface area contributed by atoms with E-state index in [-0.39, 0.29) is 11.3 Å². The van der Waals surface area contributed by atoms with E-state index in [9.17, 15) is 4.79 Å². The van der Waals surface area contributed by atoms with Gasteiger partial charge in [0.25, 0.3) is 0 Å². The zero-order valence-corrected chi connectivity index (χ0v) is 9.05. The molecule has 0 aromatic rings. The first-order valence-electron chi connectivity index (χ1n) is 5.90. The minimum absolute atomic E-state index is 0.0400. The number of ether oxygens (including phenoxy) is 1. The molecule has 1 unspecified atom stereocenters. The van der Waals surface area contributed by atoms with Crippen molar-refractivity contribution in [3.05, 3.63) is 0 Å². The summed E-state index contributed by atoms with van der Waals surface area (Å²) in [7, 11) is 0. The Kier molecular flexibility index (Phi) is 2.91. The number of hydrogen-bond acceptors (Lipinski definition) is 2. The summed E-state index contributed by atoms with van der Waals surface area (Å²) in [6, 6.07) is 0. The van der Waals surface area contributed by atoms with E-state index < -0.39 is 0 Å². The molecule has 2 rings (SSSR count). The third-order valence-corrected chi connectivity index (χ3v) is 4.06. The Morgan fingerprint density at radius 3 is 2.64 bits per heavy atom. The van der Waals surface area contributed by atoms with Crippen LogP contribution in [0, 0.1) is 11.3 Å². The zero-order chi connectivity index (χ0) is 10.0. The van der Waals surface area contributed by atoms with Gasteiger partial charge in [-0.25, -0.2) is 0 Å². The van der Waals surface area contributed by atoms with Crippen LogP contribution in [0.2, 0.25) is 0 Å². The number of ketones is 1. The summed E-state index contributed by atoms with van der Waals surface area (Å²) in [4.78, 5) is 12.3. The topological polar surface area (TPSA) is 26.3 Å². The Bertz CT molecular complexity index is 210. The minimum atomic E-state index is 0.0400. The second-order valence-electron chi connectivity index (χ2n) is 4.77. The average Bonchev–Trinajstić information content (AvgIpc) is 2.89. The van der Waals surface area contributed by atoms with Gasteiger partial charge in [0.1, 0.15) is 5.78 Å². The molecular formula is C12H20O2. The van der Waals surface area contributed by atoms with Crippen LogP contribution in [-0.2, 0) is 9.53 Å². The molecule has 0 radical (unpaired) electrons. The van der Waals surface area contributed by atoms with E-state index in [0.717, 1.165) is 32.3 Å². The second-order valence-corrected chi connectivity index (χ2v) is 4.77. The molecule has 1 saturated heterocycles. The number of carbonyl (C=O) groups excluding carboxylic acids is 1. The van der Waals surface area contributed by atoms with Crippen LogP contribution in [0.1, 0.15) is 45.4 Å². The van der Waals surface area contributed by atoms with Crippen molar-refractivity contribution in [3.63, 3.8) is 0 Å². The Balaban J connectivity index is 2.06. The maximum absolute atomic E-state index is 12.3. The Morgan fingerprint density at radius 2 is 2.14 bits per heavy atom. The van der Waals surface area contributed by atoms with Crippen molar-refractivity contribution >= 4 is 5.78 Å². The minimum Gasteiger partial charge on any atom is -0.381 e. The molecule has 1 aliphatic heterocycles. The van der Waals surface area contributed by atoms with E-state index in [1.165, 1.54) is 12.8 Å². The van der Waals surface area contributed by atoms with Gasteiger partial charge in [-0.1, -0.05) is 19.8 Å². The van der Waals surface area contributed by atoms with E-state index in [4.69, 9.17) is 4.74 Å². The van der Waals surface area contributed by atoms with Gasteiger partial charge in [0.05, 0.1) is 6.61 Å². The zero-order valence-electron chi connectivity index (χ0n) is 9.05. The fraction of sp³-hybridized carbons (Fsp3) is 0.917. The van der Waals surface area contributed by atoms with Crippen LogP contribution < -0.4 is 0 Å². The molecule has 0 bridgehead atoms. The lowest BCUT2D eigenvalue weighted by molar-refractivity contribution is -0.132. The molecular weight excluding hydrogens is 176 g/mol. The average molecular weight is 196 g/mol. The lowest BCUT2D eigenvalue weighted by Crippen LogP contribution is -2.33. The van der Waals surface area contributed by atoms with E-state index in [2.05, 4.69) is 6.92 Å². The molecule has 80 valence electrons. The van der Waals surface area contributed by atoms with Crippen molar-refractivity contribution in [2.45, 2.75) is 45.4 Å². The van der Waals surface area contributed by atoms with Crippen LogP contribution >= 0.6 is 0 Å². The number of Topliss-reactive ketones (excluding diaryl/α,β-unsaturated/α-hetero) is 1. The summed E-state index contributed by atoms with van der Waals surface area (Å²) in [6.45, 7) is 3.63. The SMILES string of the molecule is CCC1(C(=O)C2CCOC2)CCCC1. The lowest BCUT2D eigenvalue weighted by atomic mass is 9.74. The molecule has 14 heavy (non-hydrogen) atoms. The van der Waals surface area contributed by atoms with Crippen LogP contribution in [0.5, 0.6) is 0 Å². The van der Waals surface area contributed by atoms with Crippen molar-refractivity contribution in [1.82, 2.24) is 0 Å². The highest BCUT2D eigenvalue weighted by Crippen LogP contribution is 2.44. The van der Waals surface area contributed by atoms with E-state index >= 15 is 0 Å². The van der Waals surface area contributed by atoms with Crippen molar-refractivity contribution < 1.29 is 9.53 Å². The van der Waals surface area contributed by atoms with Crippen molar-refractivity contribution in [1.29, 1.82) is 0 Å². The van der Waals surface area contributed by atoms with E-state index in [0.29, 0.717) is 12.4 Å². The first-order chi connectivity index (χ1) is 6.78. The molecule has 0 aromatic carbocycles. The summed E-state index contributed by atoms with van der Waals surface area (Å²) in [6.07, 6.45) is 6.72. The maximum atomic E-state index is 12.3. The van der Waals surface area contributed by atoms with Crippen molar-refractivity contribution in [2.24, 2.45) is 11.3 Å². The summed E-state index contributed by atoms with van der Waals surface area (Å²) in [5, 5.41) is 0. The first kappa shape index (κ1) is 10.2. The van der Waals surface area contributed by atoms with Crippen LogP contribution in [0.3, 0.4) is 0 Å². The molecule has 0 amide bonds. The highest BCUT2D eigenvalue weighted by Gasteiger charge is 2.43. The number of rotatable bonds is 3. The van der Waals surface area contributed by atoms with E-state index in [1.807, 2.05) is 0 Å². The maximum Gasteiger partial charge on any atom is 0.144 e. The summed E-state index contributed by atoms with van der Waals surface area (Å²) in [5.41, 5.74) is 0.0400. The monoisotopic (exact) mass is 196 g/mol. The van der Waals surface area contributed by atoms with Crippen LogP contribution in [0.4, 0.5) is 0 Å².